The van der Waals surface area contributed by atoms with Crippen LogP contribution in [0.15, 0.2) is 62.6 Å². The SMILES string of the molecule is COc1cccc(OCc2nnc(SCc3nnc(-c4ccc(F)cc4)o3)o2)c1. The molecule has 10 heteroatoms. The molecule has 2 aromatic carbocycles. The first-order valence-corrected chi connectivity index (χ1v) is 9.48. The minimum absolute atomic E-state index is 0.135. The molecule has 4 aromatic rings. The molecule has 2 aromatic heterocycles. The third-order valence-electron chi connectivity index (χ3n) is 3.73. The van der Waals surface area contributed by atoms with Crippen molar-refractivity contribution >= 4 is 11.8 Å². The van der Waals surface area contributed by atoms with Crippen LogP contribution in [0.3, 0.4) is 0 Å². The van der Waals surface area contributed by atoms with Gasteiger partial charge in [-0.3, -0.25) is 0 Å². The van der Waals surface area contributed by atoms with E-state index in [2.05, 4.69) is 20.4 Å². The Hall–Kier alpha value is -3.40. The largest absolute Gasteiger partial charge is 0.497 e. The summed E-state index contributed by atoms with van der Waals surface area (Å²) in [4.78, 5) is 0. The van der Waals surface area contributed by atoms with E-state index in [1.165, 1.54) is 23.9 Å². The van der Waals surface area contributed by atoms with E-state index in [1.807, 2.05) is 18.2 Å². The molecule has 148 valence electrons. The molecular weight excluding hydrogens is 399 g/mol. The van der Waals surface area contributed by atoms with Gasteiger partial charge in [0.2, 0.25) is 11.8 Å². The third-order valence-corrected chi connectivity index (χ3v) is 4.53. The number of rotatable bonds is 8. The number of methoxy groups -OCH3 is 1. The van der Waals surface area contributed by atoms with Crippen LogP contribution in [0, 0.1) is 5.82 Å². The number of ether oxygens (including phenoxy) is 2. The van der Waals surface area contributed by atoms with Gasteiger partial charge in [0.15, 0.2) is 6.61 Å². The monoisotopic (exact) mass is 414 g/mol. The second kappa shape index (κ2) is 8.74. The van der Waals surface area contributed by atoms with E-state index in [1.54, 1.807) is 25.3 Å². The van der Waals surface area contributed by atoms with Gasteiger partial charge in [0, 0.05) is 11.6 Å². The summed E-state index contributed by atoms with van der Waals surface area (Å²) >= 11 is 1.26. The van der Waals surface area contributed by atoms with Crippen LogP contribution in [0.5, 0.6) is 11.5 Å². The van der Waals surface area contributed by atoms with Gasteiger partial charge in [-0.05, 0) is 36.4 Å². The molecule has 0 saturated carbocycles. The van der Waals surface area contributed by atoms with Crippen LogP contribution in [-0.4, -0.2) is 27.5 Å². The molecule has 29 heavy (non-hydrogen) atoms. The van der Waals surface area contributed by atoms with E-state index in [0.29, 0.717) is 45.7 Å². The zero-order chi connectivity index (χ0) is 20.1. The van der Waals surface area contributed by atoms with Gasteiger partial charge in [0.05, 0.1) is 12.9 Å². The maximum absolute atomic E-state index is 13.0. The van der Waals surface area contributed by atoms with Crippen LogP contribution < -0.4 is 9.47 Å². The standard InChI is InChI=1S/C19H15FN4O4S/c1-25-14-3-2-4-15(9-14)26-10-16-21-24-19(28-16)29-11-17-22-23-18(27-17)12-5-7-13(20)8-6-12/h2-9H,10-11H2,1H3. The molecule has 0 N–H and O–H groups in total. The highest BCUT2D eigenvalue weighted by Gasteiger charge is 2.12. The van der Waals surface area contributed by atoms with Crippen LogP contribution >= 0.6 is 11.8 Å². The Balaban J connectivity index is 1.31. The number of hydrogen-bond acceptors (Lipinski definition) is 9. The fourth-order valence-corrected chi connectivity index (χ4v) is 2.95. The van der Waals surface area contributed by atoms with Crippen LogP contribution in [0.1, 0.15) is 11.8 Å². The number of thioether (sulfide) groups is 1. The Morgan fingerprint density at radius 1 is 0.931 bits per heavy atom. The Morgan fingerprint density at radius 3 is 2.55 bits per heavy atom. The molecule has 0 atom stereocenters. The van der Waals surface area contributed by atoms with E-state index < -0.39 is 0 Å². The molecule has 0 fully saturated rings. The molecule has 0 radical (unpaired) electrons. The van der Waals surface area contributed by atoms with Crippen molar-refractivity contribution in [3.05, 3.63) is 66.1 Å². The van der Waals surface area contributed by atoms with Gasteiger partial charge >= 0.3 is 0 Å². The zero-order valence-electron chi connectivity index (χ0n) is 15.2. The van der Waals surface area contributed by atoms with E-state index in [0.717, 1.165) is 0 Å². The molecule has 4 rings (SSSR count). The summed E-state index contributed by atoms with van der Waals surface area (Å²) in [5.41, 5.74) is 0.643. The van der Waals surface area contributed by atoms with Crippen molar-refractivity contribution in [1.82, 2.24) is 20.4 Å². The van der Waals surface area contributed by atoms with Gasteiger partial charge < -0.3 is 18.3 Å². The minimum Gasteiger partial charge on any atom is -0.497 e. The summed E-state index contributed by atoms with van der Waals surface area (Å²) in [6.45, 7) is 0.135. The van der Waals surface area contributed by atoms with Gasteiger partial charge in [-0.1, -0.05) is 17.8 Å². The predicted octanol–water partition coefficient (Wildman–Crippen LogP) is 4.14. The topological polar surface area (TPSA) is 96.3 Å². The van der Waals surface area contributed by atoms with Crippen molar-refractivity contribution < 1.29 is 22.7 Å². The van der Waals surface area contributed by atoms with Gasteiger partial charge in [-0.25, -0.2) is 4.39 Å². The number of benzene rings is 2. The number of halogens is 1. The van der Waals surface area contributed by atoms with Gasteiger partial charge in [0.25, 0.3) is 11.1 Å². The maximum atomic E-state index is 13.0. The van der Waals surface area contributed by atoms with Gasteiger partial charge in [0.1, 0.15) is 17.3 Å². The molecule has 0 unspecified atom stereocenters. The molecule has 0 spiro atoms. The molecule has 0 amide bonds. The summed E-state index contributed by atoms with van der Waals surface area (Å²) in [6.07, 6.45) is 0. The smallest absolute Gasteiger partial charge is 0.277 e. The average molecular weight is 414 g/mol. The molecule has 0 aliphatic rings. The highest BCUT2D eigenvalue weighted by molar-refractivity contribution is 7.98. The van der Waals surface area contributed by atoms with Crippen LogP contribution in [0.2, 0.25) is 0 Å². The normalized spacial score (nSPS) is 10.8. The van der Waals surface area contributed by atoms with Crippen molar-refractivity contribution in [2.24, 2.45) is 0 Å². The summed E-state index contributed by atoms with van der Waals surface area (Å²) in [6, 6.07) is 13.0. The van der Waals surface area contributed by atoms with E-state index in [9.17, 15) is 4.39 Å². The Labute approximate surface area is 169 Å². The molecule has 0 saturated heterocycles. The first kappa shape index (κ1) is 18.9. The average Bonchev–Trinajstić information content (AvgIpc) is 3.41. The van der Waals surface area contributed by atoms with Crippen molar-refractivity contribution in [1.29, 1.82) is 0 Å². The fourth-order valence-electron chi connectivity index (χ4n) is 2.34. The van der Waals surface area contributed by atoms with E-state index in [-0.39, 0.29) is 12.4 Å². The maximum Gasteiger partial charge on any atom is 0.277 e. The lowest BCUT2D eigenvalue weighted by Crippen LogP contribution is -1.96. The highest BCUT2D eigenvalue weighted by Crippen LogP contribution is 2.25. The van der Waals surface area contributed by atoms with Crippen LogP contribution in [-0.2, 0) is 12.4 Å². The van der Waals surface area contributed by atoms with Crippen molar-refractivity contribution in [3.63, 3.8) is 0 Å². The van der Waals surface area contributed by atoms with Crippen molar-refractivity contribution in [2.75, 3.05) is 7.11 Å². The zero-order valence-corrected chi connectivity index (χ0v) is 16.1. The lowest BCUT2D eigenvalue weighted by molar-refractivity contribution is 0.251. The van der Waals surface area contributed by atoms with E-state index in [4.69, 9.17) is 18.3 Å². The van der Waals surface area contributed by atoms with Gasteiger partial charge in [-0.15, -0.1) is 20.4 Å². The summed E-state index contributed by atoms with van der Waals surface area (Å²) in [7, 11) is 1.59. The fraction of sp³-hybridized carbons (Fsp3) is 0.158. The summed E-state index contributed by atoms with van der Waals surface area (Å²) < 4.78 is 34.9. The first-order chi connectivity index (χ1) is 14.2. The molecule has 0 bridgehead atoms. The lowest BCUT2D eigenvalue weighted by Gasteiger charge is -2.05. The number of hydrogen-bond donors (Lipinski definition) is 0. The molecule has 2 heterocycles. The summed E-state index contributed by atoms with van der Waals surface area (Å²) in [5, 5.41) is 16.2. The lowest BCUT2D eigenvalue weighted by atomic mass is 10.2. The Morgan fingerprint density at radius 2 is 1.72 bits per heavy atom. The van der Waals surface area contributed by atoms with Crippen molar-refractivity contribution in [3.8, 4) is 23.0 Å². The second-order valence-electron chi connectivity index (χ2n) is 5.73. The predicted molar refractivity (Wildman–Crippen MR) is 101 cm³/mol. The van der Waals surface area contributed by atoms with Crippen LogP contribution in [0.4, 0.5) is 4.39 Å². The second-order valence-corrected chi connectivity index (χ2v) is 6.65. The molecule has 8 nitrogen and oxygen atoms in total. The van der Waals surface area contributed by atoms with Crippen LogP contribution in [0.25, 0.3) is 11.5 Å². The number of nitrogens with zero attached hydrogens (tertiary/aromatic N) is 4. The minimum atomic E-state index is -0.327. The Bertz CT molecular complexity index is 1080. The molecule has 0 aliphatic carbocycles. The third kappa shape index (κ3) is 4.91. The van der Waals surface area contributed by atoms with E-state index >= 15 is 0 Å². The molecule has 0 aliphatic heterocycles. The molecular formula is C19H15FN4O4S. The van der Waals surface area contributed by atoms with Gasteiger partial charge in [-0.2, -0.15) is 0 Å². The van der Waals surface area contributed by atoms with Crippen molar-refractivity contribution in [2.45, 2.75) is 17.6 Å². The quantitative estimate of drug-likeness (QED) is 0.394. The Kier molecular flexibility index (Phi) is 5.71. The highest BCUT2D eigenvalue weighted by atomic mass is 32.2. The summed E-state index contributed by atoms with van der Waals surface area (Å²) in [5.74, 6) is 2.41. The number of aromatic nitrogens is 4. The first-order valence-electron chi connectivity index (χ1n) is 8.50.